The Morgan fingerprint density at radius 1 is 1.30 bits per heavy atom. The van der Waals surface area contributed by atoms with Gasteiger partial charge < -0.3 is 11.1 Å². The Morgan fingerprint density at radius 2 is 2.00 bits per heavy atom. The van der Waals surface area contributed by atoms with E-state index < -0.39 is 11.9 Å². The van der Waals surface area contributed by atoms with Crippen LogP contribution in [0.1, 0.15) is 31.4 Å². The lowest BCUT2D eigenvalue weighted by Gasteiger charge is -2.27. The lowest BCUT2D eigenvalue weighted by atomic mass is 9.84. The summed E-state index contributed by atoms with van der Waals surface area (Å²) in [7, 11) is 0. The average molecular weight is 287 g/mol. The monoisotopic (exact) mass is 287 g/mol. The molecule has 1 saturated carbocycles. The number of anilines is 1. The fraction of sp³-hybridized carbons (Fsp3) is 0.538. The van der Waals surface area contributed by atoms with Gasteiger partial charge in [-0.2, -0.15) is 13.2 Å². The van der Waals surface area contributed by atoms with E-state index in [2.05, 4.69) is 10.3 Å². The zero-order chi connectivity index (χ0) is 14.8. The third kappa shape index (κ3) is 3.47. The number of halogens is 3. The molecule has 2 unspecified atom stereocenters. The smallest absolute Gasteiger partial charge is 0.327 e. The van der Waals surface area contributed by atoms with Crippen LogP contribution in [0, 0.1) is 5.92 Å². The Bertz CT molecular complexity index is 473. The number of amides is 1. The van der Waals surface area contributed by atoms with E-state index in [4.69, 9.17) is 5.73 Å². The minimum atomic E-state index is -4.48. The molecule has 0 bridgehead atoms. The minimum Gasteiger partial charge on any atom is -0.327 e. The first-order valence-electron chi connectivity index (χ1n) is 6.47. The van der Waals surface area contributed by atoms with Gasteiger partial charge in [-0.3, -0.25) is 4.79 Å². The number of carbonyl (C=O) groups excluding carboxylic acids is 1. The standard InChI is InChI=1S/C13H16F3N3O/c14-13(15,16)11-6-5-8(7-18-11)19-12(20)9-3-1-2-4-10(9)17/h5-7,9-10H,1-4,17H2,(H,19,20). The highest BCUT2D eigenvalue weighted by Crippen LogP contribution is 2.28. The van der Waals surface area contributed by atoms with Crippen LogP contribution in [0.3, 0.4) is 0 Å². The van der Waals surface area contributed by atoms with Crippen LogP contribution in [0.2, 0.25) is 0 Å². The van der Waals surface area contributed by atoms with E-state index >= 15 is 0 Å². The number of alkyl halides is 3. The largest absolute Gasteiger partial charge is 0.433 e. The molecule has 4 nitrogen and oxygen atoms in total. The molecule has 1 aromatic heterocycles. The molecular weight excluding hydrogens is 271 g/mol. The maximum absolute atomic E-state index is 12.4. The molecule has 3 N–H and O–H groups in total. The van der Waals surface area contributed by atoms with Gasteiger partial charge >= 0.3 is 6.18 Å². The molecule has 1 aromatic rings. The van der Waals surface area contributed by atoms with E-state index in [1.807, 2.05) is 0 Å². The summed E-state index contributed by atoms with van der Waals surface area (Å²) in [4.78, 5) is 15.3. The number of carbonyl (C=O) groups is 1. The number of nitrogens with two attached hydrogens (primary N) is 1. The maximum Gasteiger partial charge on any atom is 0.433 e. The Morgan fingerprint density at radius 3 is 2.55 bits per heavy atom. The van der Waals surface area contributed by atoms with E-state index in [0.717, 1.165) is 31.5 Å². The summed E-state index contributed by atoms with van der Waals surface area (Å²) in [5.41, 5.74) is 5.16. The molecule has 20 heavy (non-hydrogen) atoms. The summed E-state index contributed by atoms with van der Waals surface area (Å²) >= 11 is 0. The highest BCUT2D eigenvalue weighted by atomic mass is 19.4. The summed E-state index contributed by atoms with van der Waals surface area (Å²) in [5, 5.41) is 2.57. The van der Waals surface area contributed by atoms with Crippen LogP contribution >= 0.6 is 0 Å². The number of pyridine rings is 1. The van der Waals surface area contributed by atoms with Crippen LogP contribution in [0.4, 0.5) is 18.9 Å². The van der Waals surface area contributed by atoms with Crippen LogP contribution < -0.4 is 11.1 Å². The van der Waals surface area contributed by atoms with Gasteiger partial charge in [0, 0.05) is 6.04 Å². The van der Waals surface area contributed by atoms with Crippen molar-refractivity contribution in [3.63, 3.8) is 0 Å². The normalized spacial score (nSPS) is 23.4. The van der Waals surface area contributed by atoms with E-state index in [1.54, 1.807) is 0 Å². The molecule has 1 heterocycles. The number of aromatic nitrogens is 1. The molecule has 0 radical (unpaired) electrons. The van der Waals surface area contributed by atoms with Crippen molar-refractivity contribution in [3.05, 3.63) is 24.0 Å². The third-order valence-corrected chi connectivity index (χ3v) is 3.48. The van der Waals surface area contributed by atoms with E-state index in [1.165, 1.54) is 6.07 Å². The van der Waals surface area contributed by atoms with Crippen molar-refractivity contribution in [3.8, 4) is 0 Å². The molecule has 1 amide bonds. The SMILES string of the molecule is NC1CCCCC1C(=O)Nc1ccc(C(F)(F)F)nc1. The van der Waals surface area contributed by atoms with Gasteiger partial charge in [0.15, 0.2) is 0 Å². The molecule has 2 atom stereocenters. The summed E-state index contributed by atoms with van der Waals surface area (Å²) in [5.74, 6) is -0.537. The van der Waals surface area contributed by atoms with E-state index in [-0.39, 0.29) is 23.6 Å². The number of nitrogens with one attached hydrogen (secondary N) is 1. The van der Waals surface area contributed by atoms with Gasteiger partial charge in [0.25, 0.3) is 0 Å². The Kier molecular flexibility index (Phi) is 4.27. The Balaban J connectivity index is 2.01. The second-order valence-electron chi connectivity index (χ2n) is 4.97. The molecule has 2 rings (SSSR count). The Hall–Kier alpha value is -1.63. The van der Waals surface area contributed by atoms with Gasteiger partial charge in [-0.15, -0.1) is 0 Å². The van der Waals surface area contributed by atoms with Crippen molar-refractivity contribution in [2.75, 3.05) is 5.32 Å². The molecule has 1 fully saturated rings. The number of hydrogen-bond acceptors (Lipinski definition) is 3. The van der Waals surface area contributed by atoms with Crippen LogP contribution in [0.15, 0.2) is 18.3 Å². The van der Waals surface area contributed by atoms with Gasteiger partial charge in [0.1, 0.15) is 5.69 Å². The second kappa shape index (κ2) is 5.78. The zero-order valence-corrected chi connectivity index (χ0v) is 10.8. The molecule has 0 spiro atoms. The first-order chi connectivity index (χ1) is 9.38. The maximum atomic E-state index is 12.4. The first kappa shape index (κ1) is 14.8. The van der Waals surface area contributed by atoms with Crippen LogP contribution in [0.25, 0.3) is 0 Å². The number of hydrogen-bond donors (Lipinski definition) is 2. The fourth-order valence-corrected chi connectivity index (χ4v) is 2.36. The van der Waals surface area contributed by atoms with E-state index in [0.29, 0.717) is 6.42 Å². The topological polar surface area (TPSA) is 68.0 Å². The first-order valence-corrected chi connectivity index (χ1v) is 6.47. The Labute approximate surface area is 114 Å². The van der Waals surface area contributed by atoms with Gasteiger partial charge in [-0.1, -0.05) is 12.8 Å². The van der Waals surface area contributed by atoms with Crippen molar-refractivity contribution >= 4 is 11.6 Å². The van der Waals surface area contributed by atoms with Gasteiger partial charge in [-0.05, 0) is 25.0 Å². The molecular formula is C13H16F3N3O. The quantitative estimate of drug-likeness (QED) is 0.878. The highest BCUT2D eigenvalue weighted by molar-refractivity contribution is 5.92. The average Bonchev–Trinajstić information content (AvgIpc) is 2.38. The molecule has 7 heteroatoms. The van der Waals surface area contributed by atoms with Crippen molar-refractivity contribution in [1.82, 2.24) is 4.98 Å². The summed E-state index contributed by atoms with van der Waals surface area (Å²) in [6.45, 7) is 0. The summed E-state index contributed by atoms with van der Waals surface area (Å²) < 4.78 is 37.1. The van der Waals surface area contributed by atoms with E-state index in [9.17, 15) is 18.0 Å². The van der Waals surface area contributed by atoms with Gasteiger partial charge in [0.05, 0.1) is 17.8 Å². The fourth-order valence-electron chi connectivity index (χ4n) is 2.36. The number of nitrogens with zero attached hydrogens (tertiary/aromatic N) is 1. The zero-order valence-electron chi connectivity index (χ0n) is 10.8. The van der Waals surface area contributed by atoms with Crippen LogP contribution in [-0.2, 0) is 11.0 Å². The third-order valence-electron chi connectivity index (χ3n) is 3.48. The van der Waals surface area contributed by atoms with Gasteiger partial charge in [-0.25, -0.2) is 4.98 Å². The van der Waals surface area contributed by atoms with Gasteiger partial charge in [0.2, 0.25) is 5.91 Å². The molecule has 0 saturated heterocycles. The predicted molar refractivity (Wildman–Crippen MR) is 67.8 cm³/mol. The lowest BCUT2D eigenvalue weighted by Crippen LogP contribution is -2.40. The molecule has 110 valence electrons. The van der Waals surface area contributed by atoms with Crippen LogP contribution in [0.5, 0.6) is 0 Å². The molecule has 0 aliphatic heterocycles. The molecule has 1 aliphatic carbocycles. The van der Waals surface area contributed by atoms with Crippen molar-refractivity contribution in [1.29, 1.82) is 0 Å². The second-order valence-corrected chi connectivity index (χ2v) is 4.97. The van der Waals surface area contributed by atoms with Crippen LogP contribution in [-0.4, -0.2) is 16.9 Å². The van der Waals surface area contributed by atoms with Crippen molar-refractivity contribution in [2.45, 2.75) is 37.9 Å². The summed E-state index contributed by atoms with van der Waals surface area (Å²) in [6.07, 6.45) is -0.0163. The molecule has 1 aliphatic rings. The number of rotatable bonds is 2. The van der Waals surface area contributed by atoms with Crippen molar-refractivity contribution in [2.24, 2.45) is 11.7 Å². The minimum absolute atomic E-state index is 0.189. The predicted octanol–water partition coefficient (Wildman–Crippen LogP) is 2.56. The lowest BCUT2D eigenvalue weighted by molar-refractivity contribution is -0.141. The summed E-state index contributed by atoms with van der Waals surface area (Å²) in [6, 6.07) is 1.85. The van der Waals surface area contributed by atoms with Crippen molar-refractivity contribution < 1.29 is 18.0 Å². The highest BCUT2D eigenvalue weighted by Gasteiger charge is 2.32. The molecule has 0 aromatic carbocycles.